The fourth-order valence-corrected chi connectivity index (χ4v) is 5.01. The molecule has 0 saturated carbocycles. The lowest BCUT2D eigenvalue weighted by Gasteiger charge is -2.35. The highest BCUT2D eigenvalue weighted by atomic mass is 19.1. The zero-order valence-electron chi connectivity index (χ0n) is 15.9. The maximum absolute atomic E-state index is 14.7. The summed E-state index contributed by atoms with van der Waals surface area (Å²) in [6, 6.07) is 5.83. The van der Waals surface area contributed by atoms with E-state index in [1.54, 1.807) is 12.1 Å². The van der Waals surface area contributed by atoms with Gasteiger partial charge in [0.15, 0.2) is 0 Å². The number of rotatable bonds is 4. The summed E-state index contributed by atoms with van der Waals surface area (Å²) in [6.45, 7) is 6.34. The average molecular weight is 385 g/mol. The number of halogens is 1. The number of fused-ring (bicyclic) bond motifs is 2. The Balaban J connectivity index is 1.26. The Hall–Kier alpha value is -2.55. The molecule has 1 N–H and O–H groups in total. The highest BCUT2D eigenvalue weighted by molar-refractivity contribution is 5.81. The number of carbonyl (C=O) groups excluding carboxylic acids is 1. The van der Waals surface area contributed by atoms with Gasteiger partial charge in [0.25, 0.3) is 0 Å². The molecule has 0 spiro atoms. The molecule has 3 atom stereocenters. The molecular formula is C19H24FN7O. The minimum Gasteiger partial charge on any atom is -0.368 e. The molecule has 1 aromatic carbocycles. The van der Waals surface area contributed by atoms with Crippen molar-refractivity contribution in [1.29, 1.82) is 0 Å². The summed E-state index contributed by atoms with van der Waals surface area (Å²) in [5.41, 5.74) is 1.11. The number of aromatic nitrogens is 4. The summed E-state index contributed by atoms with van der Waals surface area (Å²) in [6.07, 6.45) is 1.87. The first-order valence-corrected chi connectivity index (χ1v) is 9.97. The van der Waals surface area contributed by atoms with Crippen LogP contribution in [0, 0.1) is 11.7 Å². The van der Waals surface area contributed by atoms with Crippen LogP contribution in [0.25, 0.3) is 11.4 Å². The quantitative estimate of drug-likeness (QED) is 0.850. The molecule has 3 saturated heterocycles. The van der Waals surface area contributed by atoms with Gasteiger partial charge < -0.3 is 9.80 Å². The highest BCUT2D eigenvalue weighted by Gasteiger charge is 2.46. The van der Waals surface area contributed by atoms with Gasteiger partial charge in [-0.1, -0.05) is 6.92 Å². The monoisotopic (exact) mass is 385 g/mol. The van der Waals surface area contributed by atoms with Crippen LogP contribution in [0.4, 0.5) is 10.1 Å². The molecule has 2 bridgehead atoms. The van der Waals surface area contributed by atoms with Crippen LogP contribution in [0.2, 0.25) is 0 Å². The molecule has 148 valence electrons. The third kappa shape index (κ3) is 2.85. The van der Waals surface area contributed by atoms with Crippen LogP contribution >= 0.6 is 0 Å². The standard InChI is InChI=1S/C19H24FN7O/c1-2-25-10-15-8-14(25)11-27(15)19(28)13-5-6-26(9-13)17-4-3-12(7-16(17)20)18-21-23-24-22-18/h3-4,7,13-15H,2,5-6,8-11H2,1H3,(H,21,22,23,24)/t13?,14-,15-/m1/s1. The molecule has 28 heavy (non-hydrogen) atoms. The van der Waals surface area contributed by atoms with E-state index >= 15 is 0 Å². The second-order valence-electron chi connectivity index (χ2n) is 7.95. The summed E-state index contributed by atoms with van der Waals surface area (Å²) in [4.78, 5) is 19.6. The van der Waals surface area contributed by atoms with Crippen molar-refractivity contribution in [1.82, 2.24) is 30.4 Å². The number of tetrazole rings is 1. The Kier molecular flexibility index (Phi) is 4.26. The first kappa shape index (κ1) is 17.5. The zero-order valence-corrected chi connectivity index (χ0v) is 15.9. The number of benzene rings is 1. The molecule has 9 heteroatoms. The summed E-state index contributed by atoms with van der Waals surface area (Å²) >= 11 is 0. The van der Waals surface area contributed by atoms with Crippen LogP contribution < -0.4 is 4.90 Å². The highest BCUT2D eigenvalue weighted by Crippen LogP contribution is 2.34. The summed E-state index contributed by atoms with van der Waals surface area (Å²) in [5.74, 6) is 0.236. The van der Waals surface area contributed by atoms with Crippen LogP contribution in [0.1, 0.15) is 19.8 Å². The van der Waals surface area contributed by atoms with Crippen LogP contribution in [0.3, 0.4) is 0 Å². The van der Waals surface area contributed by atoms with E-state index in [0.717, 1.165) is 32.5 Å². The molecule has 3 aliphatic rings. The minimum absolute atomic E-state index is 0.0503. The average Bonchev–Trinajstić information content (AvgIpc) is 3.50. The van der Waals surface area contributed by atoms with Crippen LogP contribution in [0.5, 0.6) is 0 Å². The summed E-state index contributed by atoms with van der Waals surface area (Å²) in [7, 11) is 0. The maximum Gasteiger partial charge on any atom is 0.227 e. The number of anilines is 1. The van der Waals surface area contributed by atoms with E-state index in [1.807, 2.05) is 4.90 Å². The van der Waals surface area contributed by atoms with E-state index < -0.39 is 0 Å². The fourth-order valence-electron chi connectivity index (χ4n) is 5.01. The number of piperazine rings is 1. The Morgan fingerprint density at radius 1 is 1.29 bits per heavy atom. The summed E-state index contributed by atoms with van der Waals surface area (Å²) < 4.78 is 14.7. The second kappa shape index (κ2) is 6.80. The fraction of sp³-hybridized carbons (Fsp3) is 0.579. The third-order valence-corrected chi connectivity index (χ3v) is 6.47. The third-order valence-electron chi connectivity index (χ3n) is 6.47. The molecule has 1 aromatic heterocycles. The molecule has 3 fully saturated rings. The number of amides is 1. The summed E-state index contributed by atoms with van der Waals surface area (Å²) in [5, 5.41) is 13.6. The Labute approximate surface area is 162 Å². The van der Waals surface area contributed by atoms with Gasteiger partial charge in [0, 0.05) is 43.8 Å². The lowest BCUT2D eigenvalue weighted by atomic mass is 10.1. The van der Waals surface area contributed by atoms with Crippen LogP contribution in [-0.2, 0) is 4.79 Å². The van der Waals surface area contributed by atoms with Crippen LogP contribution in [0.15, 0.2) is 18.2 Å². The predicted octanol–water partition coefficient (Wildman–Crippen LogP) is 1.14. The van der Waals surface area contributed by atoms with Gasteiger partial charge in [-0.15, -0.1) is 10.2 Å². The number of aromatic amines is 1. The van der Waals surface area contributed by atoms with E-state index in [-0.39, 0.29) is 17.6 Å². The van der Waals surface area contributed by atoms with Crippen molar-refractivity contribution in [2.45, 2.75) is 31.8 Å². The lowest BCUT2D eigenvalue weighted by Crippen LogP contribution is -2.50. The van der Waals surface area contributed by atoms with Gasteiger partial charge in [-0.2, -0.15) is 5.21 Å². The smallest absolute Gasteiger partial charge is 0.227 e. The number of hydrogen-bond acceptors (Lipinski definition) is 6. The molecule has 1 unspecified atom stereocenters. The van der Waals surface area contributed by atoms with Crippen molar-refractivity contribution >= 4 is 11.6 Å². The lowest BCUT2D eigenvalue weighted by molar-refractivity contribution is -0.137. The number of carbonyl (C=O) groups is 1. The van der Waals surface area contributed by atoms with Gasteiger partial charge in [-0.05, 0) is 42.8 Å². The van der Waals surface area contributed by atoms with Crippen molar-refractivity contribution in [2.75, 3.05) is 37.6 Å². The Bertz CT molecular complexity index is 873. The van der Waals surface area contributed by atoms with E-state index in [9.17, 15) is 9.18 Å². The van der Waals surface area contributed by atoms with Gasteiger partial charge in [0.1, 0.15) is 5.82 Å². The molecule has 1 amide bonds. The van der Waals surface area contributed by atoms with Crippen LogP contribution in [-0.4, -0.2) is 81.1 Å². The van der Waals surface area contributed by atoms with Crippen molar-refractivity contribution in [3.63, 3.8) is 0 Å². The topological polar surface area (TPSA) is 81.2 Å². The van der Waals surface area contributed by atoms with Crippen molar-refractivity contribution in [2.24, 2.45) is 5.92 Å². The first-order valence-electron chi connectivity index (χ1n) is 9.97. The van der Waals surface area contributed by atoms with Crippen molar-refractivity contribution in [3.8, 4) is 11.4 Å². The minimum atomic E-state index is -0.325. The number of H-pyrrole nitrogens is 1. The first-order chi connectivity index (χ1) is 13.6. The van der Waals surface area contributed by atoms with Gasteiger partial charge in [-0.3, -0.25) is 9.69 Å². The van der Waals surface area contributed by atoms with Gasteiger partial charge in [-0.25, -0.2) is 4.39 Å². The number of nitrogens with zero attached hydrogens (tertiary/aromatic N) is 6. The number of likely N-dealkylation sites (N-methyl/N-ethyl adjacent to an activating group) is 1. The predicted molar refractivity (Wildman–Crippen MR) is 101 cm³/mol. The van der Waals surface area contributed by atoms with Crippen molar-refractivity contribution in [3.05, 3.63) is 24.0 Å². The van der Waals surface area contributed by atoms with E-state index in [0.29, 0.717) is 42.2 Å². The van der Waals surface area contributed by atoms with Crippen molar-refractivity contribution < 1.29 is 9.18 Å². The molecule has 0 radical (unpaired) electrons. The molecule has 3 aliphatic heterocycles. The molecule has 2 aromatic rings. The van der Waals surface area contributed by atoms with Gasteiger partial charge >= 0.3 is 0 Å². The number of likely N-dealkylation sites (tertiary alicyclic amines) is 2. The molecule has 4 heterocycles. The molecule has 0 aliphatic carbocycles. The number of hydrogen-bond donors (Lipinski definition) is 1. The molecule has 8 nitrogen and oxygen atoms in total. The van der Waals surface area contributed by atoms with E-state index in [1.165, 1.54) is 6.07 Å². The largest absolute Gasteiger partial charge is 0.368 e. The second-order valence-corrected chi connectivity index (χ2v) is 7.95. The SMILES string of the molecule is CCN1C[C@H]2C[C@@H]1CN2C(=O)C1CCN(c2ccc(-c3nn[nH]n3)cc2F)C1. The van der Waals surface area contributed by atoms with Gasteiger partial charge in [0.2, 0.25) is 11.7 Å². The van der Waals surface area contributed by atoms with E-state index in [2.05, 4.69) is 37.3 Å². The Morgan fingerprint density at radius 3 is 2.86 bits per heavy atom. The normalized spacial score (nSPS) is 27.1. The number of nitrogens with one attached hydrogen (secondary N) is 1. The maximum atomic E-state index is 14.7. The van der Waals surface area contributed by atoms with Gasteiger partial charge in [0.05, 0.1) is 11.6 Å². The molecular weight excluding hydrogens is 361 g/mol. The van der Waals surface area contributed by atoms with E-state index in [4.69, 9.17) is 0 Å². The Morgan fingerprint density at radius 2 is 2.18 bits per heavy atom. The zero-order chi connectivity index (χ0) is 19.3. The molecule has 5 rings (SSSR count).